The first-order valence-corrected chi connectivity index (χ1v) is 6.58. The monoisotopic (exact) mass is 234 g/mol. The highest BCUT2D eigenvalue weighted by molar-refractivity contribution is 5.19. The molecule has 0 fully saturated rings. The molecule has 0 amide bonds. The van der Waals surface area contributed by atoms with E-state index in [9.17, 15) is 0 Å². The SMILES string of the molecule is CCCNC(c1ccccc1)C(C)CN(C)C. The average Bonchev–Trinajstić information content (AvgIpc) is 2.30. The molecule has 96 valence electrons. The van der Waals surface area contributed by atoms with Crippen molar-refractivity contribution in [3.63, 3.8) is 0 Å². The summed E-state index contributed by atoms with van der Waals surface area (Å²) >= 11 is 0. The van der Waals surface area contributed by atoms with E-state index in [0.717, 1.165) is 13.1 Å². The third-order valence-corrected chi connectivity index (χ3v) is 3.00. The molecule has 0 aliphatic carbocycles. The van der Waals surface area contributed by atoms with Gasteiger partial charge in [0.25, 0.3) is 0 Å². The maximum Gasteiger partial charge on any atom is 0.0358 e. The number of rotatable bonds is 7. The summed E-state index contributed by atoms with van der Waals surface area (Å²) in [5.41, 5.74) is 1.40. The maximum atomic E-state index is 3.66. The van der Waals surface area contributed by atoms with Crippen molar-refractivity contribution >= 4 is 0 Å². The summed E-state index contributed by atoms with van der Waals surface area (Å²) in [6.07, 6.45) is 1.18. The number of nitrogens with one attached hydrogen (secondary N) is 1. The zero-order valence-corrected chi connectivity index (χ0v) is 11.6. The molecule has 17 heavy (non-hydrogen) atoms. The minimum Gasteiger partial charge on any atom is -0.310 e. The Morgan fingerprint density at radius 2 is 1.82 bits per heavy atom. The topological polar surface area (TPSA) is 15.3 Å². The Morgan fingerprint density at radius 1 is 1.18 bits per heavy atom. The maximum absolute atomic E-state index is 3.66. The first-order chi connectivity index (χ1) is 8.15. The van der Waals surface area contributed by atoms with E-state index < -0.39 is 0 Å². The van der Waals surface area contributed by atoms with Crippen LogP contribution in [0.1, 0.15) is 31.9 Å². The van der Waals surface area contributed by atoms with E-state index in [-0.39, 0.29) is 0 Å². The van der Waals surface area contributed by atoms with Crippen LogP contribution in [-0.2, 0) is 0 Å². The van der Waals surface area contributed by atoms with Crippen molar-refractivity contribution in [1.29, 1.82) is 0 Å². The summed E-state index contributed by atoms with van der Waals surface area (Å²) in [5, 5.41) is 3.66. The molecule has 2 unspecified atom stereocenters. The van der Waals surface area contributed by atoms with Gasteiger partial charge in [-0.05, 0) is 38.5 Å². The van der Waals surface area contributed by atoms with Crippen LogP contribution in [0.5, 0.6) is 0 Å². The lowest BCUT2D eigenvalue weighted by atomic mass is 9.94. The van der Waals surface area contributed by atoms with Crippen molar-refractivity contribution in [3.8, 4) is 0 Å². The van der Waals surface area contributed by atoms with Gasteiger partial charge >= 0.3 is 0 Å². The molecular formula is C15H26N2. The zero-order chi connectivity index (χ0) is 12.7. The first-order valence-electron chi connectivity index (χ1n) is 6.58. The van der Waals surface area contributed by atoms with Gasteiger partial charge in [0.2, 0.25) is 0 Å². The van der Waals surface area contributed by atoms with Crippen molar-refractivity contribution in [1.82, 2.24) is 10.2 Å². The van der Waals surface area contributed by atoms with Gasteiger partial charge in [-0.1, -0.05) is 44.2 Å². The lowest BCUT2D eigenvalue weighted by Crippen LogP contribution is -2.33. The van der Waals surface area contributed by atoms with E-state index in [2.05, 4.69) is 68.5 Å². The van der Waals surface area contributed by atoms with E-state index in [0.29, 0.717) is 12.0 Å². The van der Waals surface area contributed by atoms with Crippen LogP contribution in [0.3, 0.4) is 0 Å². The normalized spacial score (nSPS) is 14.9. The third-order valence-electron chi connectivity index (χ3n) is 3.00. The van der Waals surface area contributed by atoms with Crippen LogP contribution in [0, 0.1) is 5.92 Å². The Morgan fingerprint density at radius 3 is 2.35 bits per heavy atom. The van der Waals surface area contributed by atoms with Crippen LogP contribution >= 0.6 is 0 Å². The van der Waals surface area contributed by atoms with Crippen LogP contribution in [0.25, 0.3) is 0 Å². The number of hydrogen-bond acceptors (Lipinski definition) is 2. The summed E-state index contributed by atoms with van der Waals surface area (Å²) in [7, 11) is 4.27. The zero-order valence-electron chi connectivity index (χ0n) is 11.6. The molecule has 0 bridgehead atoms. The third kappa shape index (κ3) is 4.88. The van der Waals surface area contributed by atoms with Crippen LogP contribution in [0.15, 0.2) is 30.3 Å². The molecule has 0 radical (unpaired) electrons. The molecule has 2 nitrogen and oxygen atoms in total. The predicted octanol–water partition coefficient (Wildman–Crippen LogP) is 2.93. The predicted molar refractivity (Wildman–Crippen MR) is 75.2 cm³/mol. The Balaban J connectivity index is 2.73. The number of hydrogen-bond donors (Lipinski definition) is 1. The molecular weight excluding hydrogens is 208 g/mol. The van der Waals surface area contributed by atoms with Gasteiger partial charge in [-0.2, -0.15) is 0 Å². The van der Waals surface area contributed by atoms with Crippen molar-refractivity contribution in [2.75, 3.05) is 27.2 Å². The summed E-state index contributed by atoms with van der Waals surface area (Å²) in [6, 6.07) is 11.2. The Bertz CT molecular complexity index is 295. The molecule has 0 spiro atoms. The van der Waals surface area contributed by atoms with Gasteiger partial charge in [0.1, 0.15) is 0 Å². The minimum atomic E-state index is 0.457. The van der Waals surface area contributed by atoms with Gasteiger partial charge in [0.15, 0.2) is 0 Å². The molecule has 0 aliphatic heterocycles. The van der Waals surface area contributed by atoms with Crippen LogP contribution in [-0.4, -0.2) is 32.1 Å². The Kier molecular flexibility index (Phi) is 6.23. The van der Waals surface area contributed by atoms with E-state index in [1.165, 1.54) is 12.0 Å². The molecule has 1 rings (SSSR count). The van der Waals surface area contributed by atoms with Gasteiger partial charge in [-0.15, -0.1) is 0 Å². The highest BCUT2D eigenvalue weighted by Crippen LogP contribution is 2.22. The van der Waals surface area contributed by atoms with Crippen molar-refractivity contribution < 1.29 is 0 Å². The summed E-state index contributed by atoms with van der Waals surface area (Å²) in [6.45, 7) is 6.72. The second-order valence-corrected chi connectivity index (χ2v) is 5.08. The number of nitrogens with zero attached hydrogens (tertiary/aromatic N) is 1. The molecule has 0 aliphatic rings. The van der Waals surface area contributed by atoms with E-state index >= 15 is 0 Å². The molecule has 1 N–H and O–H groups in total. The molecule has 0 saturated carbocycles. The summed E-state index contributed by atoms with van der Waals surface area (Å²) < 4.78 is 0. The lowest BCUT2D eigenvalue weighted by Gasteiger charge is -2.28. The molecule has 2 heteroatoms. The van der Waals surface area contributed by atoms with Crippen LogP contribution in [0.4, 0.5) is 0 Å². The summed E-state index contributed by atoms with van der Waals surface area (Å²) in [4.78, 5) is 2.26. The van der Waals surface area contributed by atoms with Crippen molar-refractivity contribution in [2.45, 2.75) is 26.3 Å². The van der Waals surface area contributed by atoms with E-state index in [1.54, 1.807) is 0 Å². The number of benzene rings is 1. The fraction of sp³-hybridized carbons (Fsp3) is 0.600. The fourth-order valence-electron chi connectivity index (χ4n) is 2.29. The van der Waals surface area contributed by atoms with E-state index in [1.807, 2.05) is 0 Å². The molecule has 1 aromatic rings. The smallest absolute Gasteiger partial charge is 0.0358 e. The first kappa shape index (κ1) is 14.2. The van der Waals surface area contributed by atoms with Crippen LogP contribution in [0.2, 0.25) is 0 Å². The molecule has 0 aromatic heterocycles. The highest BCUT2D eigenvalue weighted by Gasteiger charge is 2.18. The standard InChI is InChI=1S/C15H26N2/c1-5-11-16-15(13(2)12-17(3)4)14-9-7-6-8-10-14/h6-10,13,15-16H,5,11-12H2,1-4H3. The fourth-order valence-corrected chi connectivity index (χ4v) is 2.29. The van der Waals surface area contributed by atoms with Gasteiger partial charge in [-0.25, -0.2) is 0 Å². The Labute approximate surface area is 106 Å². The largest absolute Gasteiger partial charge is 0.310 e. The van der Waals surface area contributed by atoms with Gasteiger partial charge in [0, 0.05) is 12.6 Å². The summed E-state index contributed by atoms with van der Waals surface area (Å²) in [5.74, 6) is 0.610. The van der Waals surface area contributed by atoms with Gasteiger partial charge in [0.05, 0.1) is 0 Å². The highest BCUT2D eigenvalue weighted by atomic mass is 15.1. The van der Waals surface area contributed by atoms with Crippen molar-refractivity contribution in [3.05, 3.63) is 35.9 Å². The molecule has 1 aromatic carbocycles. The van der Waals surface area contributed by atoms with Gasteiger partial charge < -0.3 is 10.2 Å². The second kappa shape index (κ2) is 7.46. The minimum absolute atomic E-state index is 0.457. The molecule has 0 heterocycles. The lowest BCUT2D eigenvalue weighted by molar-refractivity contribution is 0.281. The van der Waals surface area contributed by atoms with Crippen LogP contribution < -0.4 is 5.32 Å². The second-order valence-electron chi connectivity index (χ2n) is 5.08. The molecule has 0 saturated heterocycles. The quantitative estimate of drug-likeness (QED) is 0.780. The molecule has 2 atom stereocenters. The Hall–Kier alpha value is -0.860. The van der Waals surface area contributed by atoms with Gasteiger partial charge in [-0.3, -0.25) is 0 Å². The van der Waals surface area contributed by atoms with E-state index in [4.69, 9.17) is 0 Å². The van der Waals surface area contributed by atoms with Crippen molar-refractivity contribution in [2.24, 2.45) is 5.92 Å². The average molecular weight is 234 g/mol.